The van der Waals surface area contributed by atoms with E-state index in [-0.39, 0.29) is 17.6 Å². The number of aryl methyl sites for hydroxylation is 2. The number of halogens is 1. The van der Waals surface area contributed by atoms with Crippen LogP contribution in [0.1, 0.15) is 60.7 Å². The number of aliphatic hydroxyl groups is 1. The SMILES string of the molecule is C=C(C)c1ccc(N(C)C(C)=O)cc1C.CC(=O)N(C)c1ccc(C(=O)CBr)c(C)c1.OC1CCCO1.[B]=NS. The van der Waals surface area contributed by atoms with Crippen LogP contribution in [0.5, 0.6) is 0 Å². The van der Waals surface area contributed by atoms with Crippen molar-refractivity contribution < 1.29 is 24.2 Å². The van der Waals surface area contributed by atoms with Gasteiger partial charge in [0.2, 0.25) is 11.8 Å². The van der Waals surface area contributed by atoms with Gasteiger partial charge in [-0.05, 0) is 74.2 Å². The number of alkyl halides is 1. The van der Waals surface area contributed by atoms with Crippen LogP contribution in [0.15, 0.2) is 47.3 Å². The molecule has 1 atom stereocenters. The molecule has 1 heterocycles. The molecule has 2 aromatic carbocycles. The van der Waals surface area contributed by atoms with Gasteiger partial charge < -0.3 is 19.6 Å². The first-order valence-electron chi connectivity index (χ1n) is 12.5. The van der Waals surface area contributed by atoms with E-state index in [1.165, 1.54) is 6.92 Å². The van der Waals surface area contributed by atoms with E-state index in [1.54, 1.807) is 43.0 Å². The third-order valence-electron chi connectivity index (χ3n) is 5.93. The third-order valence-corrected chi connectivity index (χ3v) is 6.44. The second kappa shape index (κ2) is 19.5. The fraction of sp³-hybridized carbons (Fsp3) is 0.414. The fourth-order valence-corrected chi connectivity index (χ4v) is 3.80. The Morgan fingerprint density at radius 2 is 1.45 bits per heavy atom. The quantitative estimate of drug-likeness (QED) is 0.186. The van der Waals surface area contributed by atoms with E-state index in [0.717, 1.165) is 53.1 Å². The van der Waals surface area contributed by atoms with Gasteiger partial charge in [-0.15, -0.1) is 0 Å². The molecule has 1 aliphatic rings. The summed E-state index contributed by atoms with van der Waals surface area (Å²) in [6.45, 7) is 13.6. The van der Waals surface area contributed by atoms with Crippen molar-refractivity contribution in [2.75, 3.05) is 35.8 Å². The summed E-state index contributed by atoms with van der Waals surface area (Å²) in [7, 11) is 7.82. The minimum absolute atomic E-state index is 0.0287. The number of allylic oxidation sites excluding steroid dienone is 1. The maximum atomic E-state index is 11.5. The summed E-state index contributed by atoms with van der Waals surface area (Å²) in [5, 5.41) is 8.82. The molecular weight excluding hydrogens is 593 g/mol. The van der Waals surface area contributed by atoms with Crippen LogP contribution in [-0.4, -0.2) is 62.7 Å². The molecule has 0 spiro atoms. The van der Waals surface area contributed by atoms with Gasteiger partial charge in [0, 0.05) is 57.9 Å². The van der Waals surface area contributed by atoms with E-state index in [1.807, 2.05) is 45.0 Å². The minimum atomic E-state index is -0.454. The third kappa shape index (κ3) is 13.2. The Morgan fingerprint density at radius 3 is 1.70 bits per heavy atom. The number of carbonyl (C=O) groups is 3. The van der Waals surface area contributed by atoms with Gasteiger partial charge in [-0.2, -0.15) is 0 Å². The van der Waals surface area contributed by atoms with Crippen molar-refractivity contribution >= 4 is 70.9 Å². The maximum absolute atomic E-state index is 11.5. The molecule has 1 aliphatic heterocycles. The Morgan fingerprint density at radius 1 is 1.02 bits per heavy atom. The number of Topliss-reactive ketones (excluding diaryl/α,β-unsaturated/α-hetero) is 1. The van der Waals surface area contributed by atoms with Gasteiger partial charge in [0.15, 0.2) is 12.1 Å². The molecule has 1 unspecified atom stereocenters. The number of ketones is 1. The molecule has 40 heavy (non-hydrogen) atoms. The van der Waals surface area contributed by atoms with Crippen LogP contribution in [0.4, 0.5) is 11.4 Å². The number of aliphatic hydroxyl groups excluding tert-OH is 1. The number of benzene rings is 2. The molecule has 1 N–H and O–H groups in total. The van der Waals surface area contributed by atoms with Crippen LogP contribution >= 0.6 is 28.7 Å². The summed E-state index contributed by atoms with van der Waals surface area (Å²) in [6.07, 6.45) is 1.38. The van der Waals surface area contributed by atoms with Crippen LogP contribution in [0.25, 0.3) is 5.57 Å². The first-order valence-corrected chi connectivity index (χ1v) is 14.0. The van der Waals surface area contributed by atoms with Crippen molar-refractivity contribution in [3.05, 3.63) is 65.2 Å². The van der Waals surface area contributed by atoms with Crippen LogP contribution in [0.2, 0.25) is 0 Å². The van der Waals surface area contributed by atoms with Crippen LogP contribution in [0.3, 0.4) is 0 Å². The van der Waals surface area contributed by atoms with E-state index in [4.69, 9.17) is 9.84 Å². The second-order valence-electron chi connectivity index (χ2n) is 9.07. The molecule has 0 aromatic heterocycles. The van der Waals surface area contributed by atoms with Gasteiger partial charge in [0.05, 0.1) is 5.33 Å². The molecule has 1 fully saturated rings. The van der Waals surface area contributed by atoms with Gasteiger partial charge in [0.1, 0.15) is 0 Å². The Hall–Kier alpha value is -2.60. The zero-order chi connectivity index (χ0) is 31.0. The summed E-state index contributed by atoms with van der Waals surface area (Å²) in [6, 6.07) is 11.3. The topological polar surface area (TPSA) is 99.5 Å². The van der Waals surface area contributed by atoms with E-state index < -0.39 is 6.29 Å². The Balaban J connectivity index is 0.000000584. The molecule has 11 heteroatoms. The zero-order valence-corrected chi connectivity index (χ0v) is 26.9. The molecular formula is C29H40BBrN3O5S. The average molecular weight is 633 g/mol. The van der Waals surface area contributed by atoms with Crippen molar-refractivity contribution in [2.45, 2.75) is 53.8 Å². The number of rotatable bonds is 5. The second-order valence-corrected chi connectivity index (χ2v) is 9.87. The number of thiol groups is 1. The van der Waals surface area contributed by atoms with Gasteiger partial charge in [-0.1, -0.05) is 34.1 Å². The van der Waals surface area contributed by atoms with Crippen molar-refractivity contribution in [1.29, 1.82) is 0 Å². The van der Waals surface area contributed by atoms with Gasteiger partial charge >= 0.3 is 24.8 Å². The van der Waals surface area contributed by atoms with Crippen LogP contribution in [-0.2, 0) is 14.3 Å². The molecule has 3 rings (SSSR count). The van der Waals surface area contributed by atoms with Crippen molar-refractivity contribution in [1.82, 2.24) is 0 Å². The summed E-state index contributed by atoms with van der Waals surface area (Å²) in [5.41, 5.74) is 6.64. The van der Waals surface area contributed by atoms with E-state index in [2.05, 4.69) is 47.3 Å². The number of ether oxygens (including phenoxy) is 1. The van der Waals surface area contributed by atoms with Gasteiger partial charge in [-0.25, -0.2) is 0 Å². The number of amides is 2. The van der Waals surface area contributed by atoms with Crippen LogP contribution in [0, 0.1) is 13.8 Å². The zero-order valence-electron chi connectivity index (χ0n) is 24.4. The van der Waals surface area contributed by atoms with E-state index in [9.17, 15) is 14.4 Å². The average Bonchev–Trinajstić information content (AvgIpc) is 3.38. The van der Waals surface area contributed by atoms with Crippen molar-refractivity contribution in [3.63, 3.8) is 0 Å². The number of anilines is 2. The van der Waals surface area contributed by atoms with E-state index >= 15 is 0 Å². The Labute approximate surface area is 253 Å². The summed E-state index contributed by atoms with van der Waals surface area (Å²) in [4.78, 5) is 37.1. The fourth-order valence-electron chi connectivity index (χ4n) is 3.50. The standard InChI is InChI=1S/C13H17NO.C12H14BrNO2.C4H8O2.BHNS/c1-9(2)13-7-6-12(8-10(13)3)14(5)11(4)15;1-8-6-10(14(3)9(2)15)4-5-11(8)12(16)7-13;5-4-2-1-3-6-4;1-2-3/h6-8H,1H2,2-5H3;4-6H,7H2,1-3H3;4-5H,1-3H2;3H. The predicted molar refractivity (Wildman–Crippen MR) is 172 cm³/mol. The number of nitrogens with zero attached hydrogens (tertiary/aromatic N) is 3. The molecule has 1 radical (unpaired) electrons. The molecule has 1 saturated heterocycles. The molecule has 8 nitrogen and oxygen atoms in total. The number of hydrogen-bond acceptors (Lipinski definition) is 7. The van der Waals surface area contributed by atoms with Crippen LogP contribution < -0.4 is 9.80 Å². The summed E-state index contributed by atoms with van der Waals surface area (Å²) < 4.78 is 7.40. The molecule has 0 saturated carbocycles. The summed E-state index contributed by atoms with van der Waals surface area (Å²) >= 11 is 6.33. The van der Waals surface area contributed by atoms with Crippen molar-refractivity contribution in [3.8, 4) is 0 Å². The number of hydrogen-bond donors (Lipinski definition) is 2. The Bertz CT molecular complexity index is 1170. The Kier molecular flexibility index (Phi) is 18.2. The van der Waals surface area contributed by atoms with E-state index in [0.29, 0.717) is 10.9 Å². The first kappa shape index (κ1) is 37.4. The summed E-state index contributed by atoms with van der Waals surface area (Å²) in [5.74, 6) is 0.0611. The van der Waals surface area contributed by atoms with Gasteiger partial charge in [-0.3, -0.25) is 14.4 Å². The normalized spacial score (nSPS) is 13.2. The van der Waals surface area contributed by atoms with Gasteiger partial charge in [0.25, 0.3) is 0 Å². The molecule has 2 amide bonds. The molecule has 217 valence electrons. The first-order chi connectivity index (χ1) is 18.7. The molecule has 0 bridgehead atoms. The predicted octanol–water partition coefficient (Wildman–Crippen LogP) is 5.86. The molecule has 0 aliphatic carbocycles. The molecule has 2 aromatic rings. The van der Waals surface area contributed by atoms with Crippen molar-refractivity contribution in [2.24, 2.45) is 4.30 Å². The monoisotopic (exact) mass is 632 g/mol. The number of carbonyl (C=O) groups excluding carboxylic acids is 3.